The smallest absolute Gasteiger partial charge is 0.764 e. The van der Waals surface area contributed by atoms with Crippen LogP contribution in [0, 0.1) is 0 Å². The van der Waals surface area contributed by atoms with Crippen LogP contribution in [0.5, 0.6) is 0 Å². The molecule has 0 fully saturated rings. The van der Waals surface area contributed by atoms with Crippen molar-refractivity contribution in [3.05, 3.63) is 0 Å². The molecule has 13 heteroatoms. The van der Waals surface area contributed by atoms with Crippen molar-refractivity contribution in [1.82, 2.24) is 0 Å². The van der Waals surface area contributed by atoms with E-state index in [1.165, 1.54) is 63.6 Å². The minimum atomic E-state index is -1.89. The normalized spacial score (nSPS) is 14.3. The molecule has 0 aliphatic heterocycles. The first-order valence-corrected chi connectivity index (χ1v) is 12.3. The topological polar surface area (TPSA) is 120 Å². The zero-order valence-corrected chi connectivity index (χ0v) is 16.7. The van der Waals surface area contributed by atoms with E-state index >= 15 is 0 Å². The van der Waals surface area contributed by atoms with Crippen molar-refractivity contribution >= 4 is 113 Å². The first-order valence-electron chi connectivity index (χ1n) is 1.46. The van der Waals surface area contributed by atoms with Gasteiger partial charge in [0.05, 0.1) is 0 Å². The molecule has 0 rings (SSSR count). The second-order valence-electron chi connectivity index (χ2n) is 0.582. The molecule has 0 amide bonds. The average molecular weight is 695 g/mol. The van der Waals surface area contributed by atoms with Crippen molar-refractivity contribution in [1.29, 1.82) is 0 Å². The van der Waals surface area contributed by atoms with Gasteiger partial charge in [-0.2, -0.15) is 0 Å². The Hall–Kier alpha value is 3.34. The van der Waals surface area contributed by atoms with Crippen LogP contribution in [0.1, 0.15) is 0 Å². The number of hydrogen-bond donors (Lipinski definition) is 0. The summed E-state index contributed by atoms with van der Waals surface area (Å²) >= 11 is 3.78. The van der Waals surface area contributed by atoms with Crippen LogP contribution in [0.15, 0.2) is 0 Å². The summed E-state index contributed by atoms with van der Waals surface area (Å²) in [5.41, 5.74) is 0. The van der Waals surface area contributed by atoms with Crippen LogP contribution in [0.2, 0.25) is 0 Å². The number of rotatable bonds is 0. The van der Waals surface area contributed by atoms with E-state index < -0.39 is 24.8 Å². The molecular weight excluding hydrogens is 695 g/mol. The van der Waals surface area contributed by atoms with Crippen LogP contribution in [-0.4, -0.2) is 50.7 Å². The fraction of sp³-hybridized carbons (Fsp3) is 0. The van der Waals surface area contributed by atoms with Crippen molar-refractivity contribution in [2.24, 2.45) is 0 Å². The molecule has 0 N–H and O–H groups in total. The van der Waals surface area contributed by atoms with E-state index in [4.69, 9.17) is 26.3 Å². The van der Waals surface area contributed by atoms with E-state index in [0.29, 0.717) is 0 Å². The summed E-state index contributed by atoms with van der Waals surface area (Å²) in [6.07, 6.45) is 0. The molecule has 80 valence electrons. The van der Waals surface area contributed by atoms with E-state index in [1.807, 2.05) is 0 Å². The molecular formula is I3O6S3Sb. The molecule has 3 unspecified atom stereocenters. The summed E-state index contributed by atoms with van der Waals surface area (Å²) in [7, 11) is -5.67. The molecule has 3 atom stereocenters. The Morgan fingerprint density at radius 2 is 0.692 bits per heavy atom. The molecule has 0 aliphatic rings. The van der Waals surface area contributed by atoms with E-state index in [9.17, 15) is 0 Å². The van der Waals surface area contributed by atoms with Gasteiger partial charge in [-0.15, -0.1) is 0 Å². The van der Waals surface area contributed by atoms with Crippen LogP contribution >= 0.6 is 63.6 Å². The summed E-state index contributed by atoms with van der Waals surface area (Å²) < 4.78 is 53.9. The van der Waals surface area contributed by atoms with Gasteiger partial charge in [0.1, 0.15) is 0 Å². The summed E-state index contributed by atoms with van der Waals surface area (Å²) in [5.74, 6) is 0. The third-order valence-corrected chi connectivity index (χ3v) is 0. The van der Waals surface area contributed by atoms with Crippen molar-refractivity contribution in [2.45, 2.75) is 0 Å². The number of halogens is 3. The summed E-state index contributed by atoms with van der Waals surface area (Å²) in [4.78, 5) is 0. The van der Waals surface area contributed by atoms with E-state index in [0.717, 1.165) is 0 Å². The zero-order valence-electron chi connectivity index (χ0n) is 5.26. The van der Waals surface area contributed by atoms with Gasteiger partial charge in [-0.05, 0) is 0 Å². The molecule has 13 heavy (non-hydrogen) atoms. The van der Waals surface area contributed by atoms with Crippen molar-refractivity contribution in [2.75, 3.05) is 0 Å². The average Bonchev–Trinajstić information content (AvgIpc) is 1.54. The Labute approximate surface area is 136 Å². The predicted octanol–water partition coefficient (Wildman–Crippen LogP) is 0.266. The van der Waals surface area contributed by atoms with Crippen molar-refractivity contribution in [3.63, 3.8) is 0 Å². The SMILES string of the molecule is O=S([O-])I.O=S([O-])I.O=S([O-])I.[Sb+3]. The van der Waals surface area contributed by atoms with Gasteiger partial charge in [-0.3, -0.25) is 12.6 Å². The third kappa shape index (κ3) is 245. The standard InChI is InChI=1S/3HIO2S.Sb/c3*1-4(2)3;/h3*(H,2,3);/q;;;+3/p-3. The fourth-order valence-electron chi connectivity index (χ4n) is 0. The van der Waals surface area contributed by atoms with E-state index in [1.54, 1.807) is 0 Å². The van der Waals surface area contributed by atoms with Gasteiger partial charge in [0.15, 0.2) is 0 Å². The van der Waals surface area contributed by atoms with Gasteiger partial charge in [-0.25, -0.2) is 0 Å². The molecule has 0 aliphatic carbocycles. The Morgan fingerprint density at radius 3 is 0.692 bits per heavy atom. The summed E-state index contributed by atoms with van der Waals surface area (Å²) in [5, 5.41) is 0. The van der Waals surface area contributed by atoms with E-state index in [-0.39, 0.29) is 24.4 Å². The fourth-order valence-corrected chi connectivity index (χ4v) is 0. The van der Waals surface area contributed by atoms with Crippen LogP contribution in [0.3, 0.4) is 0 Å². The Bertz CT molecular complexity index is 121. The van der Waals surface area contributed by atoms with Gasteiger partial charge in [-0.1, -0.05) is 0 Å². The molecule has 0 aromatic carbocycles. The quantitative estimate of drug-likeness (QED) is 0.156. The monoisotopic (exact) mass is 694 g/mol. The predicted molar refractivity (Wildman–Crippen MR) is 74.6 cm³/mol. The molecule has 6 nitrogen and oxygen atoms in total. The maximum atomic E-state index is 8.99. The van der Waals surface area contributed by atoms with Gasteiger partial charge >= 0.3 is 24.4 Å². The van der Waals surface area contributed by atoms with Crippen molar-refractivity contribution < 1.29 is 26.3 Å². The van der Waals surface area contributed by atoms with Crippen molar-refractivity contribution in [3.8, 4) is 0 Å². The van der Waals surface area contributed by atoms with Gasteiger partial charge in [0, 0.05) is 88.4 Å². The minimum absolute atomic E-state index is 0. The summed E-state index contributed by atoms with van der Waals surface area (Å²) in [6, 6.07) is 0. The largest absolute Gasteiger partial charge is 3.00 e. The van der Waals surface area contributed by atoms with E-state index in [2.05, 4.69) is 0 Å². The molecule has 0 saturated carbocycles. The van der Waals surface area contributed by atoms with Crippen LogP contribution in [0.25, 0.3) is 0 Å². The Kier molecular flexibility index (Phi) is 40.2. The Morgan fingerprint density at radius 1 is 0.692 bits per heavy atom. The Balaban J connectivity index is -0.0000000450. The molecule has 0 bridgehead atoms. The number of hydrogen-bond acceptors (Lipinski definition) is 6. The molecule has 0 aromatic rings. The minimum Gasteiger partial charge on any atom is -0.764 e. The molecule has 0 saturated heterocycles. The molecule has 0 heterocycles. The van der Waals surface area contributed by atoms with Crippen LogP contribution in [0.4, 0.5) is 0 Å². The molecule has 0 aromatic heterocycles. The van der Waals surface area contributed by atoms with Gasteiger partial charge in [0.25, 0.3) is 0 Å². The maximum Gasteiger partial charge on any atom is 3.00 e. The van der Waals surface area contributed by atoms with Gasteiger partial charge in [0.2, 0.25) is 0 Å². The first-order chi connectivity index (χ1) is 5.20. The van der Waals surface area contributed by atoms with Crippen LogP contribution < -0.4 is 0 Å². The second kappa shape index (κ2) is 20.7. The molecule has 0 spiro atoms. The second-order valence-corrected chi connectivity index (χ2v) is 8.22. The zero-order chi connectivity index (χ0) is 10.7. The maximum absolute atomic E-state index is 8.99. The van der Waals surface area contributed by atoms with Crippen LogP contribution in [-0.2, 0) is 24.8 Å². The first kappa shape index (κ1) is 25.2. The van der Waals surface area contributed by atoms with Gasteiger partial charge < -0.3 is 13.7 Å². The summed E-state index contributed by atoms with van der Waals surface area (Å²) in [6.45, 7) is 0. The third-order valence-electron chi connectivity index (χ3n) is 0. The molecule has 2 radical (unpaired) electrons.